The molecule has 0 radical (unpaired) electrons. The van der Waals surface area contributed by atoms with E-state index in [-0.39, 0.29) is 6.54 Å². The van der Waals surface area contributed by atoms with E-state index in [9.17, 15) is 9.90 Å². The number of carbonyl (C=O) groups is 1. The van der Waals surface area contributed by atoms with E-state index in [1.807, 2.05) is 6.07 Å². The first-order chi connectivity index (χ1) is 9.50. The van der Waals surface area contributed by atoms with Gasteiger partial charge >= 0.3 is 5.97 Å². The maximum atomic E-state index is 11.3. The molecule has 0 saturated heterocycles. The average molecular weight is 358 g/mol. The number of tetrazole rings is 1. The lowest BCUT2D eigenvalue weighted by atomic mass is 10.1. The Balaban J connectivity index is 1.96. The minimum atomic E-state index is -0.800. The predicted octanol–water partition coefficient (Wildman–Crippen LogP) is 2.62. The maximum Gasteiger partial charge on any atom is 0.311 e. The number of hydrogen-bond acceptors (Lipinski definition) is 4. The fraction of sp³-hybridized carbons (Fsp3) is 0.333. The highest BCUT2D eigenvalue weighted by molar-refractivity contribution is 9.10. The zero-order chi connectivity index (χ0) is 14.3. The molecule has 20 heavy (non-hydrogen) atoms. The van der Waals surface area contributed by atoms with Crippen molar-refractivity contribution in [1.82, 2.24) is 20.2 Å². The second-order valence-corrected chi connectivity index (χ2v) is 6.26. The van der Waals surface area contributed by atoms with Crippen LogP contribution in [0, 0.1) is 5.41 Å². The molecular weight excluding hydrogens is 348 g/mol. The molecule has 1 heterocycles. The molecule has 0 aliphatic heterocycles. The van der Waals surface area contributed by atoms with Crippen LogP contribution in [-0.4, -0.2) is 31.3 Å². The third-order valence-corrected chi connectivity index (χ3v) is 4.09. The number of benzene rings is 1. The van der Waals surface area contributed by atoms with Crippen molar-refractivity contribution in [2.24, 2.45) is 5.41 Å². The summed E-state index contributed by atoms with van der Waals surface area (Å²) < 4.78 is 2.34. The maximum absolute atomic E-state index is 11.3. The first-order valence-electron chi connectivity index (χ1n) is 5.96. The SMILES string of the molecule is O=C(O)C1(Cn2nnnc2-c2cc(Cl)cc(Br)c2)CC1. The van der Waals surface area contributed by atoms with Crippen LogP contribution < -0.4 is 0 Å². The molecule has 1 aliphatic carbocycles. The van der Waals surface area contributed by atoms with Crippen LogP contribution in [0.1, 0.15) is 12.8 Å². The van der Waals surface area contributed by atoms with E-state index < -0.39 is 11.4 Å². The Morgan fingerprint density at radius 1 is 1.45 bits per heavy atom. The van der Waals surface area contributed by atoms with Gasteiger partial charge < -0.3 is 5.11 Å². The van der Waals surface area contributed by atoms with E-state index in [4.69, 9.17) is 11.6 Å². The van der Waals surface area contributed by atoms with Gasteiger partial charge in [-0.05, 0) is 41.5 Å². The number of carboxylic acids is 1. The number of hydrogen-bond donors (Lipinski definition) is 1. The molecule has 1 aromatic carbocycles. The quantitative estimate of drug-likeness (QED) is 0.909. The molecule has 1 N–H and O–H groups in total. The lowest BCUT2D eigenvalue weighted by molar-refractivity contribution is -0.144. The average Bonchev–Trinajstić information content (AvgIpc) is 2.99. The van der Waals surface area contributed by atoms with Gasteiger partial charge in [-0.3, -0.25) is 4.79 Å². The molecule has 0 amide bonds. The summed E-state index contributed by atoms with van der Waals surface area (Å²) in [5.74, 6) is -0.285. The molecule has 2 aromatic rings. The van der Waals surface area contributed by atoms with Gasteiger partial charge in [-0.2, -0.15) is 0 Å². The molecule has 0 atom stereocenters. The minimum Gasteiger partial charge on any atom is -0.481 e. The molecule has 6 nitrogen and oxygen atoms in total. The standard InChI is InChI=1S/C12H10BrClN4O2/c13-8-3-7(4-9(14)5-8)10-15-16-17-18(10)6-12(1-2-12)11(19)20/h3-5H,1-2,6H2,(H,19,20). The Labute approximate surface area is 127 Å². The molecule has 0 spiro atoms. The van der Waals surface area contributed by atoms with Crippen molar-refractivity contribution in [1.29, 1.82) is 0 Å². The number of aromatic nitrogens is 4. The number of halogens is 2. The lowest BCUT2D eigenvalue weighted by Gasteiger charge is -2.11. The summed E-state index contributed by atoms with van der Waals surface area (Å²) >= 11 is 9.38. The Kier molecular flexibility index (Phi) is 3.25. The highest BCUT2D eigenvalue weighted by Crippen LogP contribution is 2.47. The highest BCUT2D eigenvalue weighted by atomic mass is 79.9. The minimum absolute atomic E-state index is 0.273. The molecule has 104 valence electrons. The fourth-order valence-electron chi connectivity index (χ4n) is 2.08. The van der Waals surface area contributed by atoms with E-state index in [2.05, 4.69) is 31.5 Å². The van der Waals surface area contributed by atoms with Crippen LogP contribution in [0.15, 0.2) is 22.7 Å². The first-order valence-corrected chi connectivity index (χ1v) is 7.13. The predicted molar refractivity (Wildman–Crippen MR) is 75.3 cm³/mol. The van der Waals surface area contributed by atoms with Crippen LogP contribution in [0.4, 0.5) is 0 Å². The van der Waals surface area contributed by atoms with Gasteiger partial charge in [0.15, 0.2) is 5.82 Å². The topological polar surface area (TPSA) is 80.9 Å². The molecule has 1 saturated carbocycles. The van der Waals surface area contributed by atoms with Crippen LogP contribution in [-0.2, 0) is 11.3 Å². The van der Waals surface area contributed by atoms with Gasteiger partial charge in [0.25, 0.3) is 0 Å². The smallest absolute Gasteiger partial charge is 0.311 e. The molecule has 1 aliphatic rings. The van der Waals surface area contributed by atoms with Crippen LogP contribution in [0.25, 0.3) is 11.4 Å². The molecule has 3 rings (SSSR count). The molecule has 1 fully saturated rings. The van der Waals surface area contributed by atoms with Gasteiger partial charge in [-0.15, -0.1) is 5.10 Å². The summed E-state index contributed by atoms with van der Waals surface area (Å²) in [5, 5.41) is 21.3. The lowest BCUT2D eigenvalue weighted by Crippen LogP contribution is -2.22. The van der Waals surface area contributed by atoms with Crippen LogP contribution >= 0.6 is 27.5 Å². The van der Waals surface area contributed by atoms with E-state index in [1.54, 1.807) is 12.1 Å². The molecule has 0 unspecified atom stereocenters. The number of carboxylic acid groups (broad SMARTS) is 1. The summed E-state index contributed by atoms with van der Waals surface area (Å²) in [5.41, 5.74) is 0.0236. The van der Waals surface area contributed by atoms with E-state index in [1.165, 1.54) is 4.68 Å². The fourth-order valence-corrected chi connectivity index (χ4v) is 2.94. The largest absolute Gasteiger partial charge is 0.481 e. The number of aliphatic carboxylic acids is 1. The molecule has 1 aromatic heterocycles. The van der Waals surface area contributed by atoms with Crippen LogP contribution in [0.2, 0.25) is 5.02 Å². The van der Waals surface area contributed by atoms with Gasteiger partial charge in [0.05, 0.1) is 12.0 Å². The molecule has 8 heteroatoms. The second-order valence-electron chi connectivity index (χ2n) is 4.90. The second kappa shape index (κ2) is 4.82. The van der Waals surface area contributed by atoms with Gasteiger partial charge in [0.2, 0.25) is 0 Å². The van der Waals surface area contributed by atoms with E-state index >= 15 is 0 Å². The van der Waals surface area contributed by atoms with Crippen molar-refractivity contribution in [3.8, 4) is 11.4 Å². The van der Waals surface area contributed by atoms with Crippen molar-refractivity contribution in [2.45, 2.75) is 19.4 Å². The van der Waals surface area contributed by atoms with E-state index in [0.29, 0.717) is 23.7 Å². The van der Waals surface area contributed by atoms with Crippen molar-refractivity contribution in [2.75, 3.05) is 0 Å². The molecular formula is C12H10BrClN4O2. The third kappa shape index (κ3) is 2.43. The van der Waals surface area contributed by atoms with E-state index in [0.717, 1.165) is 10.0 Å². The highest BCUT2D eigenvalue weighted by Gasteiger charge is 2.51. The Morgan fingerprint density at radius 2 is 2.20 bits per heavy atom. The van der Waals surface area contributed by atoms with Gasteiger partial charge in [0, 0.05) is 15.1 Å². The third-order valence-electron chi connectivity index (χ3n) is 3.41. The summed E-state index contributed by atoms with van der Waals surface area (Å²) in [7, 11) is 0. The number of nitrogens with zero attached hydrogens (tertiary/aromatic N) is 4. The van der Waals surface area contributed by atoms with Gasteiger partial charge in [0.1, 0.15) is 0 Å². The van der Waals surface area contributed by atoms with Crippen LogP contribution in [0.3, 0.4) is 0 Å². The van der Waals surface area contributed by atoms with Gasteiger partial charge in [-0.25, -0.2) is 4.68 Å². The summed E-state index contributed by atoms with van der Waals surface area (Å²) in [4.78, 5) is 11.3. The normalized spacial score (nSPS) is 16.1. The van der Waals surface area contributed by atoms with Crippen molar-refractivity contribution in [3.05, 3.63) is 27.7 Å². The summed E-state index contributed by atoms with van der Waals surface area (Å²) in [6.45, 7) is 0.273. The number of rotatable bonds is 4. The summed E-state index contributed by atoms with van der Waals surface area (Å²) in [6, 6.07) is 5.35. The van der Waals surface area contributed by atoms with Crippen LogP contribution in [0.5, 0.6) is 0 Å². The van der Waals surface area contributed by atoms with Crippen molar-refractivity contribution >= 4 is 33.5 Å². The Morgan fingerprint density at radius 3 is 2.80 bits per heavy atom. The first kappa shape index (κ1) is 13.5. The summed E-state index contributed by atoms with van der Waals surface area (Å²) in [6.07, 6.45) is 1.31. The van der Waals surface area contributed by atoms with Gasteiger partial charge in [-0.1, -0.05) is 27.5 Å². The zero-order valence-corrected chi connectivity index (χ0v) is 12.6. The Bertz CT molecular complexity index is 664. The van der Waals surface area contributed by atoms with Crippen molar-refractivity contribution in [3.63, 3.8) is 0 Å². The van der Waals surface area contributed by atoms with Crippen molar-refractivity contribution < 1.29 is 9.90 Å². The molecule has 0 bridgehead atoms. The monoisotopic (exact) mass is 356 g/mol. The Hall–Kier alpha value is -1.47. The zero-order valence-electron chi connectivity index (χ0n) is 10.3.